The van der Waals surface area contributed by atoms with Gasteiger partial charge in [0.25, 0.3) is 0 Å². The third kappa shape index (κ3) is 4.37. The topological polar surface area (TPSA) is 62.5 Å². The van der Waals surface area contributed by atoms with Gasteiger partial charge in [-0.3, -0.25) is 4.79 Å². The highest BCUT2D eigenvalue weighted by Crippen LogP contribution is 2.25. The summed E-state index contributed by atoms with van der Waals surface area (Å²) in [4.78, 5) is 12.8. The standard InChI is InChI=1S/C21H21NO3/c23-19(18-12-14-25-15-18)11-13-22-21(24)20(16-7-3-1-4-8-16)17-9-5-2-6-10-17/h1-10,12,14-15,19-20,23H,11,13H2,(H,22,24)/t19-/m1/s1. The number of carbonyl (C=O) groups excluding carboxylic acids is 1. The van der Waals surface area contributed by atoms with E-state index < -0.39 is 6.10 Å². The van der Waals surface area contributed by atoms with Gasteiger partial charge in [0.2, 0.25) is 5.91 Å². The number of furan rings is 1. The first kappa shape index (κ1) is 17.0. The second-order valence-electron chi connectivity index (χ2n) is 5.91. The van der Waals surface area contributed by atoms with Crippen molar-refractivity contribution >= 4 is 5.91 Å². The van der Waals surface area contributed by atoms with Gasteiger partial charge >= 0.3 is 0 Å². The number of rotatable bonds is 7. The summed E-state index contributed by atoms with van der Waals surface area (Å²) in [5, 5.41) is 13.0. The average molecular weight is 335 g/mol. The van der Waals surface area contributed by atoms with Crippen LogP contribution in [0.4, 0.5) is 0 Å². The Bertz CT molecular complexity index is 730. The zero-order chi connectivity index (χ0) is 17.5. The molecular formula is C21H21NO3. The molecule has 128 valence electrons. The molecule has 0 aliphatic rings. The van der Waals surface area contributed by atoms with Crippen molar-refractivity contribution in [3.8, 4) is 0 Å². The average Bonchev–Trinajstić information content (AvgIpc) is 3.18. The van der Waals surface area contributed by atoms with Crippen molar-refractivity contribution in [1.82, 2.24) is 5.32 Å². The fourth-order valence-electron chi connectivity index (χ4n) is 2.85. The summed E-state index contributed by atoms with van der Waals surface area (Å²) in [6.07, 6.45) is 2.83. The van der Waals surface area contributed by atoms with Crippen molar-refractivity contribution in [3.63, 3.8) is 0 Å². The molecule has 25 heavy (non-hydrogen) atoms. The number of carbonyl (C=O) groups is 1. The Morgan fingerprint density at radius 2 is 1.52 bits per heavy atom. The Kier molecular flexibility index (Phi) is 5.65. The summed E-state index contributed by atoms with van der Waals surface area (Å²) in [5.74, 6) is -0.440. The Hall–Kier alpha value is -2.85. The summed E-state index contributed by atoms with van der Waals surface area (Å²) in [6.45, 7) is 0.390. The highest BCUT2D eigenvalue weighted by molar-refractivity contribution is 5.87. The summed E-state index contributed by atoms with van der Waals surface area (Å²) in [6, 6.07) is 21.1. The molecule has 0 spiro atoms. The van der Waals surface area contributed by atoms with Gasteiger partial charge < -0.3 is 14.8 Å². The molecule has 0 bridgehead atoms. The minimum absolute atomic E-state index is 0.0724. The number of hydrogen-bond acceptors (Lipinski definition) is 3. The van der Waals surface area contributed by atoms with Gasteiger partial charge in [-0.2, -0.15) is 0 Å². The van der Waals surface area contributed by atoms with Gasteiger partial charge in [0.1, 0.15) is 0 Å². The van der Waals surface area contributed by atoms with E-state index in [1.807, 2.05) is 60.7 Å². The number of nitrogens with one attached hydrogen (secondary N) is 1. The molecule has 4 nitrogen and oxygen atoms in total. The Balaban J connectivity index is 1.68. The normalized spacial score (nSPS) is 12.1. The van der Waals surface area contributed by atoms with Crippen molar-refractivity contribution in [2.45, 2.75) is 18.4 Å². The van der Waals surface area contributed by atoms with Crippen LogP contribution in [-0.4, -0.2) is 17.6 Å². The van der Waals surface area contributed by atoms with E-state index in [4.69, 9.17) is 4.42 Å². The molecule has 1 atom stereocenters. The van der Waals surface area contributed by atoms with Crippen molar-refractivity contribution in [3.05, 3.63) is 95.9 Å². The number of hydrogen-bond donors (Lipinski definition) is 2. The molecule has 0 aliphatic heterocycles. The molecule has 3 rings (SSSR count). The van der Waals surface area contributed by atoms with E-state index in [9.17, 15) is 9.90 Å². The lowest BCUT2D eigenvalue weighted by molar-refractivity contribution is -0.121. The number of benzene rings is 2. The second-order valence-corrected chi connectivity index (χ2v) is 5.91. The summed E-state index contributed by atoms with van der Waals surface area (Å²) < 4.78 is 4.97. The SMILES string of the molecule is O=C(NCC[C@@H](O)c1ccoc1)C(c1ccccc1)c1ccccc1. The molecule has 1 aromatic heterocycles. The zero-order valence-electron chi connectivity index (χ0n) is 13.8. The van der Waals surface area contributed by atoms with Crippen LogP contribution in [0, 0.1) is 0 Å². The van der Waals surface area contributed by atoms with E-state index in [1.165, 1.54) is 12.5 Å². The molecule has 4 heteroatoms. The second kappa shape index (κ2) is 8.31. The van der Waals surface area contributed by atoms with Crippen molar-refractivity contribution in [2.75, 3.05) is 6.54 Å². The molecule has 2 aromatic carbocycles. The van der Waals surface area contributed by atoms with Crippen molar-refractivity contribution < 1.29 is 14.3 Å². The minimum atomic E-state index is -0.647. The van der Waals surface area contributed by atoms with Crippen LogP contribution in [0.3, 0.4) is 0 Å². The molecule has 0 unspecified atom stereocenters. The Morgan fingerprint density at radius 3 is 2.04 bits per heavy atom. The first-order chi connectivity index (χ1) is 12.3. The van der Waals surface area contributed by atoms with Crippen LogP contribution < -0.4 is 5.32 Å². The van der Waals surface area contributed by atoms with E-state index in [2.05, 4.69) is 5.32 Å². The molecule has 1 amide bonds. The maximum atomic E-state index is 12.8. The fraction of sp³-hybridized carbons (Fsp3) is 0.190. The monoisotopic (exact) mass is 335 g/mol. The lowest BCUT2D eigenvalue weighted by Crippen LogP contribution is -2.31. The predicted molar refractivity (Wildman–Crippen MR) is 96.0 cm³/mol. The molecule has 0 radical (unpaired) electrons. The molecule has 0 saturated heterocycles. The van der Waals surface area contributed by atoms with Crippen molar-refractivity contribution in [2.24, 2.45) is 0 Å². The van der Waals surface area contributed by atoms with Crippen LogP contribution in [0.1, 0.15) is 35.1 Å². The molecule has 0 aliphatic carbocycles. The van der Waals surface area contributed by atoms with Gasteiger partial charge in [-0.1, -0.05) is 60.7 Å². The number of aliphatic hydroxyl groups is 1. The lowest BCUT2D eigenvalue weighted by atomic mass is 9.90. The predicted octanol–water partition coefficient (Wildman–Crippen LogP) is 3.65. The summed E-state index contributed by atoms with van der Waals surface area (Å²) in [5.41, 5.74) is 2.61. The van der Waals surface area contributed by atoms with E-state index in [0.29, 0.717) is 13.0 Å². The molecule has 3 aromatic rings. The zero-order valence-corrected chi connectivity index (χ0v) is 13.8. The third-order valence-electron chi connectivity index (χ3n) is 4.17. The largest absolute Gasteiger partial charge is 0.472 e. The number of aliphatic hydroxyl groups excluding tert-OH is 1. The minimum Gasteiger partial charge on any atom is -0.472 e. The van der Waals surface area contributed by atoms with Crippen LogP contribution in [0.5, 0.6) is 0 Å². The van der Waals surface area contributed by atoms with Gasteiger partial charge in [0.15, 0.2) is 0 Å². The summed E-state index contributed by atoms with van der Waals surface area (Å²) >= 11 is 0. The van der Waals surface area contributed by atoms with E-state index in [0.717, 1.165) is 16.7 Å². The smallest absolute Gasteiger partial charge is 0.232 e. The third-order valence-corrected chi connectivity index (χ3v) is 4.17. The quantitative estimate of drug-likeness (QED) is 0.693. The molecular weight excluding hydrogens is 314 g/mol. The molecule has 0 fully saturated rings. The van der Waals surface area contributed by atoms with Crippen LogP contribution in [0.2, 0.25) is 0 Å². The first-order valence-electron chi connectivity index (χ1n) is 8.33. The molecule has 2 N–H and O–H groups in total. The van der Waals surface area contributed by atoms with Gasteiger partial charge in [-0.05, 0) is 23.6 Å². The Morgan fingerprint density at radius 1 is 0.920 bits per heavy atom. The highest BCUT2D eigenvalue weighted by Gasteiger charge is 2.22. The van der Waals surface area contributed by atoms with E-state index >= 15 is 0 Å². The maximum Gasteiger partial charge on any atom is 0.232 e. The van der Waals surface area contributed by atoms with Crippen LogP contribution in [-0.2, 0) is 4.79 Å². The van der Waals surface area contributed by atoms with Gasteiger partial charge in [-0.25, -0.2) is 0 Å². The lowest BCUT2D eigenvalue weighted by Gasteiger charge is -2.18. The summed E-state index contributed by atoms with van der Waals surface area (Å²) in [7, 11) is 0. The van der Waals surface area contributed by atoms with E-state index in [1.54, 1.807) is 6.07 Å². The van der Waals surface area contributed by atoms with Crippen molar-refractivity contribution in [1.29, 1.82) is 0 Å². The van der Waals surface area contributed by atoms with Gasteiger partial charge in [-0.15, -0.1) is 0 Å². The van der Waals surface area contributed by atoms with Crippen LogP contribution in [0.15, 0.2) is 83.7 Å². The number of amides is 1. The first-order valence-corrected chi connectivity index (χ1v) is 8.33. The molecule has 0 saturated carbocycles. The van der Waals surface area contributed by atoms with Gasteiger partial charge in [0, 0.05) is 12.1 Å². The Labute approximate surface area is 147 Å². The van der Waals surface area contributed by atoms with Crippen LogP contribution >= 0.6 is 0 Å². The van der Waals surface area contributed by atoms with E-state index in [-0.39, 0.29) is 11.8 Å². The van der Waals surface area contributed by atoms with Gasteiger partial charge in [0.05, 0.1) is 24.5 Å². The highest BCUT2D eigenvalue weighted by atomic mass is 16.3. The van der Waals surface area contributed by atoms with Crippen LogP contribution in [0.25, 0.3) is 0 Å². The maximum absolute atomic E-state index is 12.8. The molecule has 1 heterocycles. The fourth-order valence-corrected chi connectivity index (χ4v) is 2.85.